The van der Waals surface area contributed by atoms with Crippen LogP contribution in [0.4, 0.5) is 10.1 Å². The lowest BCUT2D eigenvalue weighted by Crippen LogP contribution is -2.33. The van der Waals surface area contributed by atoms with Crippen LogP contribution in [-0.2, 0) is 0 Å². The minimum absolute atomic E-state index is 0.114. The van der Waals surface area contributed by atoms with Gasteiger partial charge in [-0.05, 0) is 19.1 Å². The van der Waals surface area contributed by atoms with E-state index in [9.17, 15) is 9.18 Å². The number of likely N-dealkylation sites (N-methyl/N-ethyl adjacent to an activating group) is 1. The number of nitrogen functional groups attached to an aromatic ring is 1. The van der Waals surface area contributed by atoms with Crippen LogP contribution in [0.1, 0.15) is 17.3 Å². The van der Waals surface area contributed by atoms with E-state index in [-0.39, 0.29) is 17.8 Å². The Morgan fingerprint density at radius 3 is 2.81 bits per heavy atom. The van der Waals surface area contributed by atoms with Crippen molar-refractivity contribution in [2.24, 2.45) is 0 Å². The van der Waals surface area contributed by atoms with Crippen LogP contribution in [-0.4, -0.2) is 35.6 Å². The fraction of sp³-hybridized carbons (Fsp3) is 0.364. The Morgan fingerprint density at radius 2 is 2.25 bits per heavy atom. The molecular weight excluding hydrogens is 211 g/mol. The summed E-state index contributed by atoms with van der Waals surface area (Å²) in [5, 5.41) is 9.14. The molecule has 1 atom stereocenters. The molecule has 1 rings (SSSR count). The molecule has 0 spiro atoms. The summed E-state index contributed by atoms with van der Waals surface area (Å²) in [5.41, 5.74) is 5.42. The van der Waals surface area contributed by atoms with Gasteiger partial charge < -0.3 is 15.7 Å². The highest BCUT2D eigenvalue weighted by molar-refractivity contribution is 5.99. The number of hydrogen-bond donors (Lipinski definition) is 2. The zero-order valence-electron chi connectivity index (χ0n) is 9.27. The fourth-order valence-electron chi connectivity index (χ4n) is 1.41. The second kappa shape index (κ2) is 4.94. The molecule has 0 bridgehead atoms. The van der Waals surface area contributed by atoms with Crippen molar-refractivity contribution in [2.75, 3.05) is 19.3 Å². The second-order valence-electron chi connectivity index (χ2n) is 3.74. The number of carbonyl (C=O) groups is 1. The molecule has 0 fully saturated rings. The number of hydrogen-bond acceptors (Lipinski definition) is 3. The summed E-state index contributed by atoms with van der Waals surface area (Å²) in [6.07, 6.45) is -0.635. The van der Waals surface area contributed by atoms with Gasteiger partial charge in [0, 0.05) is 13.6 Å². The Bertz CT molecular complexity index is 394. The topological polar surface area (TPSA) is 66.6 Å². The predicted octanol–water partition coefficient (Wildman–Crippen LogP) is 0.861. The Hall–Kier alpha value is -1.62. The lowest BCUT2D eigenvalue weighted by molar-refractivity contribution is 0.0704. The third-order valence-electron chi connectivity index (χ3n) is 2.17. The molecule has 1 unspecified atom stereocenters. The molecule has 1 amide bonds. The maximum Gasteiger partial charge on any atom is 0.255 e. The van der Waals surface area contributed by atoms with Crippen LogP contribution in [0.5, 0.6) is 0 Å². The number of aliphatic hydroxyl groups excluding tert-OH is 1. The number of nitrogens with zero attached hydrogens (tertiary/aromatic N) is 1. The molecule has 0 saturated heterocycles. The van der Waals surface area contributed by atoms with Crippen LogP contribution in [0, 0.1) is 5.82 Å². The number of nitrogens with two attached hydrogens (primary N) is 1. The summed E-state index contributed by atoms with van der Waals surface area (Å²) in [6.45, 7) is 1.74. The van der Waals surface area contributed by atoms with E-state index in [1.807, 2.05) is 0 Å². The molecule has 4 nitrogen and oxygen atoms in total. The third-order valence-corrected chi connectivity index (χ3v) is 2.17. The number of halogens is 1. The van der Waals surface area contributed by atoms with Gasteiger partial charge in [0.15, 0.2) is 0 Å². The minimum atomic E-state index is -0.635. The Kier molecular flexibility index (Phi) is 3.84. The zero-order chi connectivity index (χ0) is 12.3. The van der Waals surface area contributed by atoms with Gasteiger partial charge in [-0.2, -0.15) is 0 Å². The van der Waals surface area contributed by atoms with E-state index >= 15 is 0 Å². The van der Waals surface area contributed by atoms with Gasteiger partial charge in [0.25, 0.3) is 5.91 Å². The van der Waals surface area contributed by atoms with E-state index in [0.717, 1.165) is 0 Å². The Labute approximate surface area is 93.5 Å². The number of benzene rings is 1. The van der Waals surface area contributed by atoms with Gasteiger partial charge in [-0.15, -0.1) is 0 Å². The first-order valence-corrected chi connectivity index (χ1v) is 4.91. The summed E-state index contributed by atoms with van der Waals surface area (Å²) in [6, 6.07) is 4.08. The maximum absolute atomic E-state index is 13.1. The van der Waals surface area contributed by atoms with Gasteiger partial charge >= 0.3 is 0 Å². The van der Waals surface area contributed by atoms with Crippen LogP contribution in [0.15, 0.2) is 18.2 Å². The second-order valence-corrected chi connectivity index (χ2v) is 3.74. The van der Waals surface area contributed by atoms with Gasteiger partial charge in [0.1, 0.15) is 5.82 Å². The molecule has 5 heteroatoms. The van der Waals surface area contributed by atoms with E-state index in [1.54, 1.807) is 6.92 Å². The third kappa shape index (κ3) is 2.70. The van der Waals surface area contributed by atoms with Crippen molar-refractivity contribution in [3.63, 3.8) is 0 Å². The van der Waals surface area contributed by atoms with Crippen molar-refractivity contribution in [3.8, 4) is 0 Å². The zero-order valence-corrected chi connectivity index (χ0v) is 9.27. The van der Waals surface area contributed by atoms with Gasteiger partial charge in [-0.25, -0.2) is 4.39 Å². The van der Waals surface area contributed by atoms with Crippen molar-refractivity contribution in [3.05, 3.63) is 29.6 Å². The lowest BCUT2D eigenvalue weighted by Gasteiger charge is -2.19. The molecule has 0 radical (unpaired) electrons. The van der Waals surface area contributed by atoms with E-state index < -0.39 is 17.8 Å². The minimum Gasteiger partial charge on any atom is -0.396 e. The standard InChI is InChI=1S/C11H15FN2O2/c1-7(15)6-14(2)11(16)8-4-3-5-9(12)10(8)13/h3-5,7,15H,6,13H2,1-2H3. The molecule has 16 heavy (non-hydrogen) atoms. The molecule has 0 aromatic heterocycles. The first kappa shape index (κ1) is 12.4. The number of para-hydroxylation sites is 1. The van der Waals surface area contributed by atoms with Crippen LogP contribution < -0.4 is 5.73 Å². The van der Waals surface area contributed by atoms with Gasteiger partial charge in [0.2, 0.25) is 0 Å². The van der Waals surface area contributed by atoms with E-state index in [4.69, 9.17) is 10.8 Å². The fourth-order valence-corrected chi connectivity index (χ4v) is 1.41. The molecule has 0 saturated carbocycles. The maximum atomic E-state index is 13.1. The van der Waals surface area contributed by atoms with Gasteiger partial charge in [-0.3, -0.25) is 4.79 Å². The average molecular weight is 226 g/mol. The van der Waals surface area contributed by atoms with Gasteiger partial charge in [-0.1, -0.05) is 6.07 Å². The van der Waals surface area contributed by atoms with E-state index in [1.165, 1.54) is 30.1 Å². The quantitative estimate of drug-likeness (QED) is 0.751. The number of anilines is 1. The van der Waals surface area contributed by atoms with E-state index in [0.29, 0.717) is 0 Å². The molecule has 88 valence electrons. The summed E-state index contributed by atoms with van der Waals surface area (Å²) in [4.78, 5) is 13.1. The summed E-state index contributed by atoms with van der Waals surface area (Å²) < 4.78 is 13.1. The van der Waals surface area contributed by atoms with Crippen LogP contribution in [0.25, 0.3) is 0 Å². The number of carbonyl (C=O) groups excluding carboxylic acids is 1. The highest BCUT2D eigenvalue weighted by Crippen LogP contribution is 2.17. The highest BCUT2D eigenvalue weighted by Gasteiger charge is 2.17. The van der Waals surface area contributed by atoms with Crippen molar-refractivity contribution >= 4 is 11.6 Å². The molecule has 0 heterocycles. The number of amides is 1. The highest BCUT2D eigenvalue weighted by atomic mass is 19.1. The average Bonchev–Trinajstić information content (AvgIpc) is 2.20. The molecule has 0 aliphatic heterocycles. The van der Waals surface area contributed by atoms with Gasteiger partial charge in [0.05, 0.1) is 17.4 Å². The monoisotopic (exact) mass is 226 g/mol. The summed E-state index contributed by atoms with van der Waals surface area (Å²) >= 11 is 0. The molecule has 0 aliphatic carbocycles. The molecule has 0 aliphatic rings. The molecule has 3 N–H and O–H groups in total. The predicted molar refractivity (Wildman–Crippen MR) is 59.5 cm³/mol. The van der Waals surface area contributed by atoms with Crippen molar-refractivity contribution in [1.29, 1.82) is 0 Å². The molecular formula is C11H15FN2O2. The molecule has 1 aromatic carbocycles. The molecule has 1 aromatic rings. The summed E-state index contributed by atoms with van der Waals surface area (Å²) in [5.74, 6) is -1.02. The largest absolute Gasteiger partial charge is 0.396 e. The van der Waals surface area contributed by atoms with Crippen LogP contribution in [0.3, 0.4) is 0 Å². The summed E-state index contributed by atoms with van der Waals surface area (Å²) in [7, 11) is 1.53. The first-order chi connectivity index (χ1) is 7.43. The number of rotatable bonds is 3. The SMILES string of the molecule is CC(O)CN(C)C(=O)c1cccc(F)c1N. The van der Waals surface area contributed by atoms with Crippen LogP contribution >= 0.6 is 0 Å². The van der Waals surface area contributed by atoms with E-state index in [2.05, 4.69) is 0 Å². The lowest BCUT2D eigenvalue weighted by atomic mass is 10.1. The Balaban J connectivity index is 2.92. The Morgan fingerprint density at radius 1 is 1.62 bits per heavy atom. The van der Waals surface area contributed by atoms with Crippen molar-refractivity contribution in [2.45, 2.75) is 13.0 Å². The van der Waals surface area contributed by atoms with Crippen LogP contribution in [0.2, 0.25) is 0 Å². The van der Waals surface area contributed by atoms with Crippen molar-refractivity contribution in [1.82, 2.24) is 4.90 Å². The number of aliphatic hydroxyl groups is 1. The smallest absolute Gasteiger partial charge is 0.255 e. The van der Waals surface area contributed by atoms with Crippen molar-refractivity contribution < 1.29 is 14.3 Å². The first-order valence-electron chi connectivity index (χ1n) is 4.91. The normalized spacial score (nSPS) is 12.2.